The second-order valence-corrected chi connectivity index (χ2v) is 6.33. The van der Waals surface area contributed by atoms with Crippen LogP contribution in [0.15, 0.2) is 36.5 Å². The highest BCUT2D eigenvalue weighted by atomic mass is 16.2. The minimum absolute atomic E-state index is 0.00362. The van der Waals surface area contributed by atoms with Crippen molar-refractivity contribution in [2.75, 3.05) is 26.7 Å². The van der Waals surface area contributed by atoms with E-state index in [9.17, 15) is 9.59 Å². The van der Waals surface area contributed by atoms with Crippen molar-refractivity contribution in [3.63, 3.8) is 0 Å². The van der Waals surface area contributed by atoms with Crippen LogP contribution in [-0.2, 0) is 16.1 Å². The monoisotopic (exact) mass is 313 g/mol. The van der Waals surface area contributed by atoms with Gasteiger partial charge in [0.05, 0.1) is 6.54 Å². The molecule has 23 heavy (non-hydrogen) atoms. The van der Waals surface area contributed by atoms with E-state index in [0.29, 0.717) is 13.1 Å². The van der Waals surface area contributed by atoms with Gasteiger partial charge in [0.1, 0.15) is 0 Å². The number of para-hydroxylation sites is 1. The van der Waals surface area contributed by atoms with Crippen LogP contribution in [-0.4, -0.2) is 52.9 Å². The van der Waals surface area contributed by atoms with E-state index in [4.69, 9.17) is 0 Å². The molecule has 1 fully saturated rings. The fraction of sp³-hybridized carbons (Fsp3) is 0.444. The van der Waals surface area contributed by atoms with E-state index in [-0.39, 0.29) is 24.3 Å². The first-order chi connectivity index (χ1) is 11.1. The van der Waals surface area contributed by atoms with Crippen LogP contribution in [0.2, 0.25) is 0 Å². The molecule has 2 aromatic rings. The maximum atomic E-state index is 12.3. The van der Waals surface area contributed by atoms with E-state index >= 15 is 0 Å². The Morgan fingerprint density at radius 1 is 1.30 bits per heavy atom. The number of carbonyl (C=O) groups excluding carboxylic acids is 2. The molecule has 1 aliphatic rings. The summed E-state index contributed by atoms with van der Waals surface area (Å²) >= 11 is 0. The molecule has 5 nitrogen and oxygen atoms in total. The zero-order valence-electron chi connectivity index (χ0n) is 13.7. The molecule has 5 heteroatoms. The van der Waals surface area contributed by atoms with Crippen molar-refractivity contribution < 1.29 is 9.59 Å². The van der Waals surface area contributed by atoms with Crippen LogP contribution in [0.4, 0.5) is 0 Å². The summed E-state index contributed by atoms with van der Waals surface area (Å²) < 4.78 is 2.15. The summed E-state index contributed by atoms with van der Waals surface area (Å²) in [4.78, 5) is 27.6. The number of likely N-dealkylation sites (tertiary alicyclic amines) is 1. The Bertz CT molecular complexity index is 722. The predicted octanol–water partition coefficient (Wildman–Crippen LogP) is 1.97. The molecule has 1 aromatic heterocycles. The maximum absolute atomic E-state index is 12.3. The smallest absolute Gasteiger partial charge is 0.241 e. The van der Waals surface area contributed by atoms with Crippen LogP contribution >= 0.6 is 0 Å². The topological polar surface area (TPSA) is 45.6 Å². The largest absolute Gasteiger partial charge is 0.346 e. The van der Waals surface area contributed by atoms with Gasteiger partial charge in [0.2, 0.25) is 11.8 Å². The Morgan fingerprint density at radius 2 is 2.09 bits per heavy atom. The molecule has 3 rings (SSSR count). The molecule has 2 heterocycles. The van der Waals surface area contributed by atoms with E-state index < -0.39 is 0 Å². The van der Waals surface area contributed by atoms with Gasteiger partial charge in [-0.15, -0.1) is 0 Å². The summed E-state index contributed by atoms with van der Waals surface area (Å²) in [6.45, 7) is 4.21. The molecule has 1 aliphatic heterocycles. The number of carbonyl (C=O) groups is 2. The van der Waals surface area contributed by atoms with Gasteiger partial charge in [0, 0.05) is 44.3 Å². The molecule has 122 valence electrons. The molecule has 1 unspecified atom stereocenters. The predicted molar refractivity (Wildman–Crippen MR) is 89.9 cm³/mol. The molecule has 1 saturated heterocycles. The number of likely N-dealkylation sites (N-methyl/N-ethyl adjacent to an activating group) is 1. The summed E-state index contributed by atoms with van der Waals surface area (Å²) in [5, 5.41) is 1.21. The van der Waals surface area contributed by atoms with Crippen LogP contribution < -0.4 is 0 Å². The summed E-state index contributed by atoms with van der Waals surface area (Å²) in [6, 6.07) is 10.3. The van der Waals surface area contributed by atoms with Crippen LogP contribution in [0, 0.1) is 5.92 Å². The SMILES string of the molecule is CC1CCN(CC(=O)N(C)CCn2ccc3ccccc32)C1=O. The first kappa shape index (κ1) is 15.6. The average Bonchev–Trinajstić information content (AvgIpc) is 3.11. The molecule has 0 bridgehead atoms. The normalized spacial score (nSPS) is 17.9. The minimum atomic E-state index is 0.00362. The number of hydrogen-bond acceptors (Lipinski definition) is 2. The van der Waals surface area contributed by atoms with Gasteiger partial charge in [0.15, 0.2) is 0 Å². The molecule has 1 atom stereocenters. The van der Waals surface area contributed by atoms with E-state index in [1.165, 1.54) is 10.9 Å². The molecular formula is C18H23N3O2. The number of amides is 2. The lowest BCUT2D eigenvalue weighted by Gasteiger charge is -2.22. The second-order valence-electron chi connectivity index (χ2n) is 6.33. The van der Waals surface area contributed by atoms with Crippen molar-refractivity contribution in [1.82, 2.24) is 14.4 Å². The van der Waals surface area contributed by atoms with Crippen LogP contribution in [0.5, 0.6) is 0 Å². The average molecular weight is 313 g/mol. The van der Waals surface area contributed by atoms with Gasteiger partial charge in [-0.05, 0) is 23.9 Å². The Labute approximate surface area is 136 Å². The summed E-state index contributed by atoms with van der Waals surface area (Å²) in [6.07, 6.45) is 2.90. The summed E-state index contributed by atoms with van der Waals surface area (Å²) in [5.41, 5.74) is 1.18. The van der Waals surface area contributed by atoms with Gasteiger partial charge in [0.25, 0.3) is 0 Å². The highest BCUT2D eigenvalue weighted by Gasteiger charge is 2.29. The lowest BCUT2D eigenvalue weighted by atomic mass is 10.1. The summed E-state index contributed by atoms with van der Waals surface area (Å²) in [5.74, 6) is 0.159. The second kappa shape index (κ2) is 6.44. The summed E-state index contributed by atoms with van der Waals surface area (Å²) in [7, 11) is 1.80. The number of benzene rings is 1. The van der Waals surface area contributed by atoms with Crippen LogP contribution in [0.1, 0.15) is 13.3 Å². The fourth-order valence-electron chi connectivity index (χ4n) is 3.05. The van der Waals surface area contributed by atoms with E-state index in [2.05, 4.69) is 29.0 Å². The standard InChI is InChI=1S/C18H23N3O2/c1-14-7-9-21(18(14)23)13-17(22)19(2)11-12-20-10-8-15-5-3-4-6-16(15)20/h3-6,8,10,14H,7,9,11-13H2,1-2H3. The third kappa shape index (κ3) is 3.23. The number of aromatic nitrogens is 1. The molecular weight excluding hydrogens is 290 g/mol. The third-order valence-corrected chi connectivity index (χ3v) is 4.67. The molecule has 0 aliphatic carbocycles. The molecule has 1 aromatic carbocycles. The quantitative estimate of drug-likeness (QED) is 0.847. The van der Waals surface area contributed by atoms with Crippen molar-refractivity contribution in [2.45, 2.75) is 19.9 Å². The van der Waals surface area contributed by atoms with Gasteiger partial charge in [-0.25, -0.2) is 0 Å². The van der Waals surface area contributed by atoms with Crippen molar-refractivity contribution in [2.24, 2.45) is 5.92 Å². The lowest BCUT2D eigenvalue weighted by Crippen LogP contribution is -2.40. The van der Waals surface area contributed by atoms with E-state index in [1.54, 1.807) is 16.8 Å². The Morgan fingerprint density at radius 3 is 2.83 bits per heavy atom. The van der Waals surface area contributed by atoms with E-state index in [0.717, 1.165) is 13.0 Å². The first-order valence-electron chi connectivity index (χ1n) is 8.13. The van der Waals surface area contributed by atoms with Gasteiger partial charge < -0.3 is 14.4 Å². The number of fused-ring (bicyclic) bond motifs is 1. The van der Waals surface area contributed by atoms with Gasteiger partial charge in [-0.2, -0.15) is 0 Å². The zero-order valence-corrected chi connectivity index (χ0v) is 13.7. The molecule has 2 amide bonds. The molecule has 0 radical (unpaired) electrons. The molecule has 0 N–H and O–H groups in total. The third-order valence-electron chi connectivity index (χ3n) is 4.67. The van der Waals surface area contributed by atoms with Crippen molar-refractivity contribution >= 4 is 22.7 Å². The highest BCUT2D eigenvalue weighted by molar-refractivity contribution is 5.87. The highest BCUT2D eigenvalue weighted by Crippen LogP contribution is 2.17. The fourth-order valence-corrected chi connectivity index (χ4v) is 3.05. The zero-order chi connectivity index (χ0) is 16.4. The van der Waals surface area contributed by atoms with Gasteiger partial charge in [-0.3, -0.25) is 9.59 Å². The molecule has 0 spiro atoms. The maximum Gasteiger partial charge on any atom is 0.241 e. The Hall–Kier alpha value is -2.30. The van der Waals surface area contributed by atoms with Gasteiger partial charge in [-0.1, -0.05) is 25.1 Å². The Balaban J connectivity index is 1.55. The number of nitrogens with zero attached hydrogens (tertiary/aromatic N) is 3. The Kier molecular flexibility index (Phi) is 4.37. The number of rotatable bonds is 5. The first-order valence-corrected chi connectivity index (χ1v) is 8.13. The van der Waals surface area contributed by atoms with E-state index in [1.807, 2.05) is 19.1 Å². The van der Waals surface area contributed by atoms with Crippen LogP contribution in [0.25, 0.3) is 10.9 Å². The van der Waals surface area contributed by atoms with Crippen molar-refractivity contribution in [3.05, 3.63) is 36.5 Å². The van der Waals surface area contributed by atoms with Crippen molar-refractivity contribution in [1.29, 1.82) is 0 Å². The van der Waals surface area contributed by atoms with Crippen LogP contribution in [0.3, 0.4) is 0 Å². The minimum Gasteiger partial charge on any atom is -0.346 e. The van der Waals surface area contributed by atoms with Crippen molar-refractivity contribution in [3.8, 4) is 0 Å². The molecule has 0 saturated carbocycles. The number of hydrogen-bond donors (Lipinski definition) is 0. The lowest BCUT2D eigenvalue weighted by molar-refractivity contribution is -0.138. The van der Waals surface area contributed by atoms with Gasteiger partial charge >= 0.3 is 0 Å².